The Morgan fingerprint density at radius 3 is 2.23 bits per heavy atom. The molecule has 0 aliphatic rings. The van der Waals surface area contributed by atoms with Crippen LogP contribution in [0.5, 0.6) is 5.75 Å². The van der Waals surface area contributed by atoms with Gasteiger partial charge in [0.15, 0.2) is 0 Å². The first-order valence-corrected chi connectivity index (χ1v) is 11.8. The van der Waals surface area contributed by atoms with Gasteiger partial charge >= 0.3 is 5.97 Å². The molecule has 11 nitrogen and oxygen atoms in total. The van der Waals surface area contributed by atoms with Crippen molar-refractivity contribution in [3.8, 4) is 17.1 Å². The summed E-state index contributed by atoms with van der Waals surface area (Å²) in [5, 5.41) is 19.7. The number of anilines is 5. The van der Waals surface area contributed by atoms with Crippen LogP contribution in [0.4, 0.5) is 29.2 Å². The summed E-state index contributed by atoms with van der Waals surface area (Å²) >= 11 is 0. The summed E-state index contributed by atoms with van der Waals surface area (Å²) in [7, 11) is 1.61. The maximum atomic E-state index is 11.3. The lowest BCUT2D eigenvalue weighted by atomic mass is 10.1. The Morgan fingerprint density at radius 1 is 0.846 bits per heavy atom. The molecule has 0 spiro atoms. The minimum Gasteiger partial charge on any atom is -0.497 e. The van der Waals surface area contributed by atoms with Crippen LogP contribution in [0.3, 0.4) is 0 Å². The molecular formula is C28H23N7O4. The molecule has 0 saturated heterocycles. The number of carboxylic acids is 1. The first-order valence-electron chi connectivity index (χ1n) is 11.8. The van der Waals surface area contributed by atoms with Crippen molar-refractivity contribution in [2.24, 2.45) is 5.10 Å². The molecule has 0 fully saturated rings. The van der Waals surface area contributed by atoms with Crippen molar-refractivity contribution < 1.29 is 19.1 Å². The number of benzene rings is 3. The molecule has 0 aliphatic carbocycles. The number of para-hydroxylation sites is 1. The summed E-state index contributed by atoms with van der Waals surface area (Å²) in [6, 6.07) is 26.8. The maximum absolute atomic E-state index is 11.3. The Bertz CT molecular complexity index is 1600. The molecule has 194 valence electrons. The third kappa shape index (κ3) is 6.54. The Labute approximate surface area is 223 Å². The van der Waals surface area contributed by atoms with Gasteiger partial charge in [-0.25, -0.2) is 10.2 Å². The first-order chi connectivity index (χ1) is 19.1. The maximum Gasteiger partial charge on any atom is 0.335 e. The van der Waals surface area contributed by atoms with E-state index in [0.29, 0.717) is 29.0 Å². The number of furan rings is 1. The minimum absolute atomic E-state index is 0.176. The van der Waals surface area contributed by atoms with E-state index in [4.69, 9.17) is 9.15 Å². The second-order valence-electron chi connectivity index (χ2n) is 8.11. The van der Waals surface area contributed by atoms with Crippen LogP contribution < -0.4 is 20.8 Å². The lowest BCUT2D eigenvalue weighted by Gasteiger charge is -2.10. The number of carbonyl (C=O) groups is 1. The van der Waals surface area contributed by atoms with E-state index >= 15 is 0 Å². The molecule has 0 radical (unpaired) electrons. The summed E-state index contributed by atoms with van der Waals surface area (Å²) in [5.41, 5.74) is 5.20. The van der Waals surface area contributed by atoms with Crippen molar-refractivity contribution in [2.45, 2.75) is 0 Å². The van der Waals surface area contributed by atoms with Gasteiger partial charge in [0.05, 0.1) is 18.9 Å². The van der Waals surface area contributed by atoms with E-state index in [9.17, 15) is 9.90 Å². The zero-order valence-corrected chi connectivity index (χ0v) is 20.7. The van der Waals surface area contributed by atoms with Crippen molar-refractivity contribution >= 4 is 41.4 Å². The second kappa shape index (κ2) is 11.6. The number of ether oxygens (including phenoxy) is 1. The van der Waals surface area contributed by atoms with E-state index in [1.807, 2.05) is 54.6 Å². The molecule has 0 unspecified atom stereocenters. The van der Waals surface area contributed by atoms with Gasteiger partial charge in [-0.15, -0.1) is 0 Å². The molecule has 4 N–H and O–H groups in total. The Hall–Kier alpha value is -5.71. The standard InChI is InChI=1S/C28H23N7O4/c1-38-22-12-10-21(11-13-22)31-27-32-26(30-20-8-3-2-4-9-20)33-28(34-27)35-29-17-23-14-15-24(39-23)18-6-5-7-19(16-18)25(36)37/h2-17H,1H3,(H,36,37)(H3,30,31,32,33,34,35)/b29-17+. The van der Waals surface area contributed by atoms with Crippen molar-refractivity contribution in [3.05, 3.63) is 102 Å². The van der Waals surface area contributed by atoms with Gasteiger partial charge in [-0.3, -0.25) is 0 Å². The third-order valence-electron chi connectivity index (χ3n) is 5.39. The highest BCUT2D eigenvalue weighted by Crippen LogP contribution is 2.23. The van der Waals surface area contributed by atoms with E-state index < -0.39 is 5.97 Å². The molecule has 2 aromatic heterocycles. The van der Waals surface area contributed by atoms with E-state index in [2.05, 4.69) is 36.1 Å². The number of methoxy groups -OCH3 is 1. The summed E-state index contributed by atoms with van der Waals surface area (Å²) in [4.78, 5) is 24.5. The van der Waals surface area contributed by atoms with Crippen LogP contribution >= 0.6 is 0 Å². The molecule has 11 heteroatoms. The van der Waals surface area contributed by atoms with Gasteiger partial charge in [0.25, 0.3) is 0 Å². The number of hydrogen-bond acceptors (Lipinski definition) is 10. The van der Waals surface area contributed by atoms with E-state index in [1.54, 1.807) is 37.4 Å². The van der Waals surface area contributed by atoms with Gasteiger partial charge in [-0.05, 0) is 60.7 Å². The Balaban J connectivity index is 1.34. The topological polar surface area (TPSA) is 147 Å². The number of nitrogens with one attached hydrogen (secondary N) is 3. The van der Waals surface area contributed by atoms with Gasteiger partial charge in [0.2, 0.25) is 17.8 Å². The van der Waals surface area contributed by atoms with Crippen LogP contribution in [0.15, 0.2) is 101 Å². The fourth-order valence-electron chi connectivity index (χ4n) is 3.53. The van der Waals surface area contributed by atoms with Gasteiger partial charge in [0.1, 0.15) is 17.3 Å². The molecule has 0 bridgehead atoms. The fraction of sp³-hybridized carbons (Fsp3) is 0.0357. The second-order valence-corrected chi connectivity index (χ2v) is 8.11. The van der Waals surface area contributed by atoms with Crippen LogP contribution in [0, 0.1) is 0 Å². The molecule has 0 aliphatic heterocycles. The molecule has 5 rings (SSSR count). The summed E-state index contributed by atoms with van der Waals surface area (Å²) in [5.74, 6) is 1.49. The normalized spacial score (nSPS) is 10.8. The third-order valence-corrected chi connectivity index (χ3v) is 5.39. The minimum atomic E-state index is -1.01. The predicted molar refractivity (Wildman–Crippen MR) is 148 cm³/mol. The van der Waals surface area contributed by atoms with Gasteiger partial charge in [-0.1, -0.05) is 30.3 Å². The SMILES string of the molecule is COc1ccc(Nc2nc(N/N=C/c3ccc(-c4cccc(C(=O)O)c4)o3)nc(Nc3ccccc3)n2)cc1. The van der Waals surface area contributed by atoms with Gasteiger partial charge in [0, 0.05) is 16.9 Å². The molecular weight excluding hydrogens is 498 g/mol. The number of aromatic nitrogens is 3. The van der Waals surface area contributed by atoms with Crippen LogP contribution in [0.25, 0.3) is 11.3 Å². The number of aromatic carboxylic acids is 1. The highest BCUT2D eigenvalue weighted by Gasteiger charge is 2.10. The molecule has 5 aromatic rings. The first kappa shape index (κ1) is 25.0. The highest BCUT2D eigenvalue weighted by atomic mass is 16.5. The van der Waals surface area contributed by atoms with Crippen LogP contribution in [-0.4, -0.2) is 39.4 Å². The van der Waals surface area contributed by atoms with E-state index in [-0.39, 0.29) is 11.5 Å². The van der Waals surface area contributed by atoms with E-state index in [1.165, 1.54) is 12.3 Å². The molecule has 0 saturated carbocycles. The van der Waals surface area contributed by atoms with Crippen LogP contribution in [0.1, 0.15) is 16.1 Å². The zero-order valence-electron chi connectivity index (χ0n) is 20.7. The number of nitrogens with zero attached hydrogens (tertiary/aromatic N) is 4. The number of hydrogen-bond donors (Lipinski definition) is 4. The van der Waals surface area contributed by atoms with Crippen molar-refractivity contribution in [1.29, 1.82) is 0 Å². The van der Waals surface area contributed by atoms with Crippen molar-refractivity contribution in [3.63, 3.8) is 0 Å². The van der Waals surface area contributed by atoms with Crippen LogP contribution in [-0.2, 0) is 0 Å². The zero-order chi connectivity index (χ0) is 27.0. The lowest BCUT2D eigenvalue weighted by molar-refractivity contribution is 0.0697. The Morgan fingerprint density at radius 2 is 1.54 bits per heavy atom. The van der Waals surface area contributed by atoms with Crippen molar-refractivity contribution in [2.75, 3.05) is 23.2 Å². The summed E-state index contributed by atoms with van der Waals surface area (Å²) < 4.78 is 11.0. The molecule has 2 heterocycles. The fourth-order valence-corrected chi connectivity index (χ4v) is 3.53. The predicted octanol–water partition coefficient (Wildman–Crippen LogP) is 5.77. The average Bonchev–Trinajstić information content (AvgIpc) is 3.43. The quantitative estimate of drug-likeness (QED) is 0.132. The number of hydrazone groups is 1. The molecule has 0 atom stereocenters. The lowest BCUT2D eigenvalue weighted by Crippen LogP contribution is -2.07. The average molecular weight is 522 g/mol. The van der Waals surface area contributed by atoms with Crippen molar-refractivity contribution in [1.82, 2.24) is 15.0 Å². The monoisotopic (exact) mass is 521 g/mol. The molecule has 3 aromatic carbocycles. The smallest absolute Gasteiger partial charge is 0.335 e. The number of carboxylic acid groups (broad SMARTS) is 1. The summed E-state index contributed by atoms with van der Waals surface area (Å²) in [6.07, 6.45) is 1.47. The molecule has 39 heavy (non-hydrogen) atoms. The van der Waals surface area contributed by atoms with Crippen LogP contribution in [0.2, 0.25) is 0 Å². The molecule has 0 amide bonds. The summed E-state index contributed by atoms with van der Waals surface area (Å²) in [6.45, 7) is 0. The van der Waals surface area contributed by atoms with Gasteiger partial charge < -0.3 is 24.9 Å². The van der Waals surface area contributed by atoms with E-state index in [0.717, 1.165) is 17.1 Å². The largest absolute Gasteiger partial charge is 0.497 e. The Kier molecular flexibility index (Phi) is 7.40. The highest BCUT2D eigenvalue weighted by molar-refractivity contribution is 5.89. The number of rotatable bonds is 10. The van der Waals surface area contributed by atoms with Gasteiger partial charge in [-0.2, -0.15) is 20.1 Å².